The molecule has 4 aromatic carbocycles. The van der Waals surface area contributed by atoms with Crippen molar-refractivity contribution in [3.05, 3.63) is 109 Å². The standard InChI is InChI=1S/C25H18NO/c27-25-23(20-12-6-2-7-13-20)16-22(26-18-19-10-4-1-5-11-19)17-24(25)21-14-8-3-9-15-21/h1-10,12-18,27H. The van der Waals surface area contributed by atoms with E-state index in [-0.39, 0.29) is 5.75 Å². The quantitative estimate of drug-likeness (QED) is 0.433. The van der Waals surface area contributed by atoms with Gasteiger partial charge in [0.05, 0.1) is 5.69 Å². The van der Waals surface area contributed by atoms with Gasteiger partial charge in [-0.25, -0.2) is 0 Å². The Balaban J connectivity index is 1.85. The van der Waals surface area contributed by atoms with Gasteiger partial charge in [-0.05, 0) is 29.3 Å². The topological polar surface area (TPSA) is 32.6 Å². The van der Waals surface area contributed by atoms with Crippen LogP contribution in [0.15, 0.2) is 102 Å². The fourth-order valence-electron chi connectivity index (χ4n) is 3.00. The van der Waals surface area contributed by atoms with Gasteiger partial charge in [-0.15, -0.1) is 0 Å². The molecule has 0 saturated carbocycles. The molecule has 0 aliphatic rings. The maximum Gasteiger partial charge on any atom is 0.131 e. The van der Waals surface area contributed by atoms with E-state index in [1.54, 1.807) is 6.21 Å². The Morgan fingerprint density at radius 1 is 0.704 bits per heavy atom. The fourth-order valence-corrected chi connectivity index (χ4v) is 3.00. The van der Waals surface area contributed by atoms with Gasteiger partial charge in [0, 0.05) is 22.9 Å². The van der Waals surface area contributed by atoms with Crippen molar-refractivity contribution in [1.29, 1.82) is 0 Å². The summed E-state index contributed by atoms with van der Waals surface area (Å²) < 4.78 is 0. The molecular formula is C25H18NO. The summed E-state index contributed by atoms with van der Waals surface area (Å²) in [6.07, 6.45) is 1.79. The fraction of sp³-hybridized carbons (Fsp3) is 0. The third-order valence-electron chi connectivity index (χ3n) is 4.35. The zero-order valence-corrected chi connectivity index (χ0v) is 14.7. The number of nitrogens with zero attached hydrogens (tertiary/aromatic N) is 1. The first-order valence-electron chi connectivity index (χ1n) is 8.80. The summed E-state index contributed by atoms with van der Waals surface area (Å²) in [5, 5.41) is 10.9. The zero-order valence-electron chi connectivity index (χ0n) is 14.7. The summed E-state index contributed by atoms with van der Waals surface area (Å²) in [6.45, 7) is 0. The SMILES string of the molecule is Oc1c(-c2ccccc2)cc(N=Cc2[c]cccc2)cc1-c1ccccc1. The van der Waals surface area contributed by atoms with Crippen LogP contribution in [-0.4, -0.2) is 11.3 Å². The van der Waals surface area contributed by atoms with Crippen molar-refractivity contribution in [1.82, 2.24) is 0 Å². The third-order valence-corrected chi connectivity index (χ3v) is 4.35. The van der Waals surface area contributed by atoms with Gasteiger partial charge in [-0.2, -0.15) is 0 Å². The van der Waals surface area contributed by atoms with Crippen LogP contribution in [0.2, 0.25) is 0 Å². The summed E-state index contributed by atoms with van der Waals surface area (Å²) in [5.41, 5.74) is 5.13. The first kappa shape index (κ1) is 16.8. The summed E-state index contributed by atoms with van der Waals surface area (Å²) in [5.74, 6) is 0.262. The Morgan fingerprint density at radius 3 is 1.78 bits per heavy atom. The molecule has 0 atom stereocenters. The van der Waals surface area contributed by atoms with E-state index in [0.717, 1.165) is 33.5 Å². The molecule has 0 fully saturated rings. The molecule has 2 heteroatoms. The highest BCUT2D eigenvalue weighted by Gasteiger charge is 2.13. The minimum absolute atomic E-state index is 0.262. The second kappa shape index (κ2) is 7.71. The normalized spacial score (nSPS) is 11.0. The maximum atomic E-state index is 10.9. The number of hydrogen-bond donors (Lipinski definition) is 1. The summed E-state index contributed by atoms with van der Waals surface area (Å²) in [7, 11) is 0. The average molecular weight is 348 g/mol. The van der Waals surface area contributed by atoms with Crippen LogP contribution in [0.1, 0.15) is 5.56 Å². The minimum Gasteiger partial charge on any atom is -0.507 e. The van der Waals surface area contributed by atoms with Gasteiger partial charge in [-0.1, -0.05) is 84.9 Å². The molecule has 0 unspecified atom stereocenters. The van der Waals surface area contributed by atoms with E-state index < -0.39 is 0 Å². The van der Waals surface area contributed by atoms with E-state index in [1.165, 1.54) is 0 Å². The molecular weight excluding hydrogens is 330 g/mol. The largest absolute Gasteiger partial charge is 0.507 e. The lowest BCUT2D eigenvalue weighted by molar-refractivity contribution is 0.479. The number of phenolic OH excluding ortho intramolecular Hbond substituents is 1. The molecule has 0 aliphatic heterocycles. The first-order valence-corrected chi connectivity index (χ1v) is 8.80. The van der Waals surface area contributed by atoms with Crippen molar-refractivity contribution < 1.29 is 5.11 Å². The second-order valence-corrected chi connectivity index (χ2v) is 6.20. The molecule has 0 aromatic heterocycles. The van der Waals surface area contributed by atoms with Crippen LogP contribution in [-0.2, 0) is 0 Å². The highest BCUT2D eigenvalue weighted by atomic mass is 16.3. The lowest BCUT2D eigenvalue weighted by Crippen LogP contribution is -1.86. The highest BCUT2D eigenvalue weighted by molar-refractivity contribution is 5.87. The van der Waals surface area contributed by atoms with Crippen molar-refractivity contribution in [2.24, 2.45) is 4.99 Å². The van der Waals surface area contributed by atoms with Gasteiger partial charge in [-0.3, -0.25) is 4.99 Å². The van der Waals surface area contributed by atoms with Crippen molar-refractivity contribution in [2.75, 3.05) is 0 Å². The van der Waals surface area contributed by atoms with Gasteiger partial charge in [0.2, 0.25) is 0 Å². The zero-order chi connectivity index (χ0) is 18.5. The number of benzene rings is 4. The molecule has 1 radical (unpaired) electrons. The lowest BCUT2D eigenvalue weighted by Gasteiger charge is -2.12. The number of hydrogen-bond acceptors (Lipinski definition) is 2. The summed E-state index contributed by atoms with van der Waals surface area (Å²) in [6, 6.07) is 34.4. The molecule has 0 bridgehead atoms. The number of aromatic hydroxyl groups is 1. The predicted molar refractivity (Wildman–Crippen MR) is 112 cm³/mol. The minimum atomic E-state index is 0.262. The Kier molecular flexibility index (Phi) is 4.80. The summed E-state index contributed by atoms with van der Waals surface area (Å²) >= 11 is 0. The molecule has 0 heterocycles. The molecule has 129 valence electrons. The van der Waals surface area contributed by atoms with E-state index in [1.807, 2.05) is 97.1 Å². The van der Waals surface area contributed by atoms with Gasteiger partial charge in [0.1, 0.15) is 5.75 Å². The van der Waals surface area contributed by atoms with E-state index in [4.69, 9.17) is 0 Å². The van der Waals surface area contributed by atoms with Crippen molar-refractivity contribution in [2.45, 2.75) is 0 Å². The van der Waals surface area contributed by atoms with Crippen LogP contribution < -0.4 is 0 Å². The van der Waals surface area contributed by atoms with E-state index in [9.17, 15) is 5.11 Å². The molecule has 2 nitrogen and oxygen atoms in total. The lowest BCUT2D eigenvalue weighted by atomic mass is 9.96. The molecule has 0 aliphatic carbocycles. The van der Waals surface area contributed by atoms with Crippen LogP contribution >= 0.6 is 0 Å². The number of rotatable bonds is 4. The Hall–Kier alpha value is -3.65. The molecule has 1 N–H and O–H groups in total. The van der Waals surface area contributed by atoms with Crippen molar-refractivity contribution in [3.63, 3.8) is 0 Å². The molecule has 0 amide bonds. The molecule has 27 heavy (non-hydrogen) atoms. The van der Waals surface area contributed by atoms with Crippen LogP contribution in [0.4, 0.5) is 5.69 Å². The average Bonchev–Trinajstić information content (AvgIpc) is 2.75. The van der Waals surface area contributed by atoms with Gasteiger partial charge >= 0.3 is 0 Å². The molecule has 0 saturated heterocycles. The third kappa shape index (κ3) is 3.80. The summed E-state index contributed by atoms with van der Waals surface area (Å²) in [4.78, 5) is 4.62. The Bertz CT molecular complexity index is 995. The monoisotopic (exact) mass is 348 g/mol. The number of aliphatic imine (C=N–C) groups is 1. The Labute approximate surface area is 159 Å². The van der Waals surface area contributed by atoms with Crippen LogP contribution in [0.25, 0.3) is 22.3 Å². The van der Waals surface area contributed by atoms with Gasteiger partial charge in [0.15, 0.2) is 0 Å². The van der Waals surface area contributed by atoms with Crippen LogP contribution in [0, 0.1) is 6.07 Å². The van der Waals surface area contributed by atoms with Crippen molar-refractivity contribution >= 4 is 11.9 Å². The smallest absolute Gasteiger partial charge is 0.131 e. The van der Waals surface area contributed by atoms with Gasteiger partial charge < -0.3 is 5.11 Å². The molecule has 0 spiro atoms. The molecule has 4 aromatic rings. The van der Waals surface area contributed by atoms with E-state index >= 15 is 0 Å². The Morgan fingerprint density at radius 2 is 1.26 bits per heavy atom. The second-order valence-electron chi connectivity index (χ2n) is 6.20. The highest BCUT2D eigenvalue weighted by Crippen LogP contribution is 2.41. The van der Waals surface area contributed by atoms with Crippen LogP contribution in [0.5, 0.6) is 5.75 Å². The maximum absolute atomic E-state index is 10.9. The van der Waals surface area contributed by atoms with E-state index in [0.29, 0.717) is 0 Å². The van der Waals surface area contributed by atoms with Crippen LogP contribution in [0.3, 0.4) is 0 Å². The van der Waals surface area contributed by atoms with Crippen molar-refractivity contribution in [3.8, 4) is 28.0 Å². The van der Waals surface area contributed by atoms with E-state index in [2.05, 4.69) is 11.1 Å². The number of phenols is 1. The first-order chi connectivity index (χ1) is 13.3. The predicted octanol–water partition coefficient (Wildman–Crippen LogP) is 6.28. The van der Waals surface area contributed by atoms with Gasteiger partial charge in [0.25, 0.3) is 0 Å². The molecule has 4 rings (SSSR count).